The van der Waals surface area contributed by atoms with E-state index in [1.54, 1.807) is 0 Å². The van der Waals surface area contributed by atoms with E-state index in [1.807, 2.05) is 24.3 Å². The van der Waals surface area contributed by atoms with Crippen molar-refractivity contribution in [2.45, 2.75) is 20.8 Å². The van der Waals surface area contributed by atoms with Crippen LogP contribution in [0.15, 0.2) is 71.3 Å². The molecule has 0 saturated carbocycles. The van der Waals surface area contributed by atoms with Crippen LogP contribution in [0.2, 0.25) is 0 Å². The Balaban J connectivity index is 1.77. The van der Waals surface area contributed by atoms with Gasteiger partial charge < -0.3 is 4.52 Å². The van der Waals surface area contributed by atoms with E-state index in [9.17, 15) is 0 Å². The van der Waals surface area contributed by atoms with Crippen LogP contribution in [-0.2, 0) is 0 Å². The smallest absolute Gasteiger partial charge is 0.258 e. The van der Waals surface area contributed by atoms with Crippen molar-refractivity contribution in [2.75, 3.05) is 0 Å². The van der Waals surface area contributed by atoms with Crippen LogP contribution in [-0.4, -0.2) is 10.1 Å². The Hall–Kier alpha value is -3.20. The van der Waals surface area contributed by atoms with Crippen molar-refractivity contribution in [3.05, 3.63) is 83.4 Å². The quantitative estimate of drug-likeness (QED) is 0.459. The van der Waals surface area contributed by atoms with Gasteiger partial charge in [-0.1, -0.05) is 71.9 Å². The van der Waals surface area contributed by atoms with Gasteiger partial charge in [0, 0.05) is 11.1 Å². The van der Waals surface area contributed by atoms with E-state index in [4.69, 9.17) is 4.52 Å². The molecule has 0 spiro atoms. The van der Waals surface area contributed by atoms with Gasteiger partial charge in [0.15, 0.2) is 0 Å². The highest BCUT2D eigenvalue weighted by Gasteiger charge is 2.16. The Bertz CT molecular complexity index is 1040. The fourth-order valence-electron chi connectivity index (χ4n) is 3.36. The molecule has 0 radical (unpaired) electrons. The van der Waals surface area contributed by atoms with Crippen LogP contribution < -0.4 is 0 Å². The normalized spacial score (nSPS) is 10.9. The second-order valence-electron chi connectivity index (χ2n) is 6.59. The number of aryl methyl sites for hydroxylation is 3. The molecule has 0 saturated heterocycles. The lowest BCUT2D eigenvalue weighted by atomic mass is 9.95. The summed E-state index contributed by atoms with van der Waals surface area (Å²) in [5.74, 6) is 1.20. The molecule has 1 aromatic heterocycles. The summed E-state index contributed by atoms with van der Waals surface area (Å²) in [7, 11) is 0. The fourth-order valence-corrected chi connectivity index (χ4v) is 3.36. The topological polar surface area (TPSA) is 38.9 Å². The van der Waals surface area contributed by atoms with E-state index in [1.165, 1.54) is 11.1 Å². The number of hydrogen-bond donors (Lipinski definition) is 0. The Morgan fingerprint density at radius 2 is 1.35 bits per heavy atom. The summed E-state index contributed by atoms with van der Waals surface area (Å²) in [6.07, 6.45) is 0. The highest BCUT2D eigenvalue weighted by molar-refractivity contribution is 5.74. The van der Waals surface area contributed by atoms with Crippen LogP contribution in [0.4, 0.5) is 0 Å². The molecule has 0 aliphatic rings. The van der Waals surface area contributed by atoms with E-state index in [2.05, 4.69) is 73.4 Å². The van der Waals surface area contributed by atoms with Gasteiger partial charge in [-0.2, -0.15) is 4.98 Å². The fraction of sp³-hybridized carbons (Fsp3) is 0.130. The van der Waals surface area contributed by atoms with Crippen molar-refractivity contribution < 1.29 is 4.52 Å². The van der Waals surface area contributed by atoms with Gasteiger partial charge in [0.05, 0.1) is 0 Å². The zero-order chi connectivity index (χ0) is 18.1. The molecule has 0 aliphatic carbocycles. The van der Waals surface area contributed by atoms with Gasteiger partial charge in [-0.05, 0) is 48.6 Å². The lowest BCUT2D eigenvalue weighted by Gasteiger charge is -2.10. The maximum Gasteiger partial charge on any atom is 0.258 e. The number of hydrogen-bond acceptors (Lipinski definition) is 3. The predicted octanol–water partition coefficient (Wildman–Crippen LogP) is 6.00. The lowest BCUT2D eigenvalue weighted by Crippen LogP contribution is -1.91. The highest BCUT2D eigenvalue weighted by atomic mass is 16.5. The van der Waals surface area contributed by atoms with Crippen LogP contribution >= 0.6 is 0 Å². The molecule has 3 nitrogen and oxygen atoms in total. The molecular formula is C23H20N2O. The van der Waals surface area contributed by atoms with Crippen LogP contribution in [0.25, 0.3) is 34.0 Å². The zero-order valence-corrected chi connectivity index (χ0v) is 15.2. The van der Waals surface area contributed by atoms with Gasteiger partial charge in [-0.25, -0.2) is 0 Å². The van der Waals surface area contributed by atoms with E-state index in [0.29, 0.717) is 11.7 Å². The van der Waals surface area contributed by atoms with Crippen molar-refractivity contribution in [2.24, 2.45) is 0 Å². The molecule has 128 valence electrons. The Labute approximate surface area is 153 Å². The van der Waals surface area contributed by atoms with Crippen molar-refractivity contribution in [1.82, 2.24) is 10.1 Å². The van der Waals surface area contributed by atoms with Crippen molar-refractivity contribution in [3.8, 4) is 34.0 Å². The largest absolute Gasteiger partial charge is 0.334 e. The summed E-state index contributed by atoms with van der Waals surface area (Å²) in [6.45, 7) is 6.23. The second-order valence-corrected chi connectivity index (χ2v) is 6.59. The van der Waals surface area contributed by atoms with Gasteiger partial charge in [0.1, 0.15) is 0 Å². The minimum Gasteiger partial charge on any atom is -0.334 e. The Morgan fingerprint density at radius 1 is 0.692 bits per heavy atom. The molecule has 0 amide bonds. The zero-order valence-electron chi connectivity index (χ0n) is 15.2. The van der Waals surface area contributed by atoms with Gasteiger partial charge in [0.2, 0.25) is 5.82 Å². The molecule has 0 fully saturated rings. The average molecular weight is 340 g/mol. The molecule has 0 atom stereocenters. The third-order valence-electron chi connectivity index (χ3n) is 4.67. The average Bonchev–Trinajstić information content (AvgIpc) is 3.11. The maximum absolute atomic E-state index is 5.61. The Kier molecular flexibility index (Phi) is 4.13. The lowest BCUT2D eigenvalue weighted by molar-refractivity contribution is 0.432. The summed E-state index contributed by atoms with van der Waals surface area (Å²) in [6, 6.07) is 22.8. The van der Waals surface area contributed by atoms with E-state index in [0.717, 1.165) is 27.8 Å². The molecule has 3 heteroatoms. The van der Waals surface area contributed by atoms with Gasteiger partial charge in [-0.15, -0.1) is 0 Å². The van der Waals surface area contributed by atoms with Crippen LogP contribution in [0.5, 0.6) is 0 Å². The molecule has 26 heavy (non-hydrogen) atoms. The van der Waals surface area contributed by atoms with E-state index >= 15 is 0 Å². The summed E-state index contributed by atoms with van der Waals surface area (Å²) in [5, 5.41) is 4.20. The molecule has 3 aromatic carbocycles. The first-order chi connectivity index (χ1) is 12.6. The van der Waals surface area contributed by atoms with Crippen molar-refractivity contribution in [3.63, 3.8) is 0 Å². The molecular weight excluding hydrogens is 320 g/mol. The monoisotopic (exact) mass is 340 g/mol. The standard InChI is InChI=1S/C23H20N2O/c1-15-9-7-8-12-20(15)22-24-23(26-25-22)21-16(2)13-19(14-17(21)3)18-10-5-4-6-11-18/h4-14H,1-3H3. The molecule has 0 bridgehead atoms. The van der Waals surface area contributed by atoms with Crippen molar-refractivity contribution in [1.29, 1.82) is 0 Å². The van der Waals surface area contributed by atoms with E-state index < -0.39 is 0 Å². The van der Waals surface area contributed by atoms with Gasteiger partial charge >= 0.3 is 0 Å². The Morgan fingerprint density at radius 3 is 2.04 bits per heavy atom. The van der Waals surface area contributed by atoms with Crippen LogP contribution in [0.1, 0.15) is 16.7 Å². The summed E-state index contributed by atoms with van der Waals surface area (Å²) in [5.41, 5.74) is 7.80. The number of aromatic nitrogens is 2. The maximum atomic E-state index is 5.61. The number of benzene rings is 3. The summed E-state index contributed by atoms with van der Waals surface area (Å²) in [4.78, 5) is 4.66. The first-order valence-electron chi connectivity index (χ1n) is 8.70. The van der Waals surface area contributed by atoms with Gasteiger partial charge in [-0.3, -0.25) is 0 Å². The van der Waals surface area contributed by atoms with Crippen LogP contribution in [0, 0.1) is 20.8 Å². The second kappa shape index (κ2) is 6.60. The van der Waals surface area contributed by atoms with Crippen LogP contribution in [0.3, 0.4) is 0 Å². The predicted molar refractivity (Wildman–Crippen MR) is 105 cm³/mol. The minimum atomic E-state index is 0.567. The third-order valence-corrected chi connectivity index (χ3v) is 4.67. The summed E-state index contributed by atoms with van der Waals surface area (Å²) < 4.78 is 5.61. The minimum absolute atomic E-state index is 0.567. The molecule has 0 unspecified atom stereocenters. The number of rotatable bonds is 3. The molecule has 0 N–H and O–H groups in total. The number of nitrogens with zero attached hydrogens (tertiary/aromatic N) is 2. The third kappa shape index (κ3) is 2.92. The molecule has 1 heterocycles. The van der Waals surface area contributed by atoms with Gasteiger partial charge in [0.25, 0.3) is 5.89 Å². The molecule has 0 aliphatic heterocycles. The summed E-state index contributed by atoms with van der Waals surface area (Å²) >= 11 is 0. The first kappa shape index (κ1) is 16.3. The molecule has 4 rings (SSSR count). The highest BCUT2D eigenvalue weighted by Crippen LogP contribution is 2.32. The first-order valence-corrected chi connectivity index (χ1v) is 8.70. The van der Waals surface area contributed by atoms with Crippen molar-refractivity contribution >= 4 is 0 Å². The SMILES string of the molecule is Cc1ccccc1-c1noc(-c2c(C)cc(-c3ccccc3)cc2C)n1. The molecule has 4 aromatic rings. The van der Waals surface area contributed by atoms with E-state index in [-0.39, 0.29) is 0 Å².